The molecule has 0 bridgehead atoms. The molecule has 1 heterocycles. The molecule has 3 N–H and O–H groups in total. The van der Waals surface area contributed by atoms with Gasteiger partial charge in [-0.25, -0.2) is 4.98 Å². The van der Waals surface area contributed by atoms with E-state index in [1.165, 1.54) is 18.2 Å². The van der Waals surface area contributed by atoms with E-state index >= 15 is 0 Å². The van der Waals surface area contributed by atoms with E-state index in [4.69, 9.17) is 5.41 Å². The van der Waals surface area contributed by atoms with Gasteiger partial charge in [-0.2, -0.15) is 0 Å². The number of benzene rings is 1. The summed E-state index contributed by atoms with van der Waals surface area (Å²) in [7, 11) is 0. The largest absolute Gasteiger partial charge is 0.573 e. The molecule has 2 aromatic rings. The normalized spacial score (nSPS) is 11.0. The molecular formula is C15H15F3N4O. The van der Waals surface area contributed by atoms with Crippen molar-refractivity contribution in [2.24, 2.45) is 0 Å². The van der Waals surface area contributed by atoms with Crippen LogP contribution in [0.1, 0.15) is 11.1 Å². The molecule has 0 atom stereocenters. The molecule has 1 aromatic carbocycles. The first kappa shape index (κ1) is 16.6. The summed E-state index contributed by atoms with van der Waals surface area (Å²) in [6, 6.07) is 9.29. The molecule has 23 heavy (non-hydrogen) atoms. The molecular weight excluding hydrogens is 309 g/mol. The van der Waals surface area contributed by atoms with Crippen molar-refractivity contribution < 1.29 is 17.9 Å². The number of nitrogens with zero attached hydrogens (tertiary/aromatic N) is 1. The van der Waals surface area contributed by atoms with Gasteiger partial charge < -0.3 is 15.4 Å². The molecule has 0 aliphatic carbocycles. The molecule has 5 nitrogen and oxygen atoms in total. The third kappa shape index (κ3) is 5.50. The van der Waals surface area contributed by atoms with Crippen LogP contribution < -0.4 is 15.4 Å². The van der Waals surface area contributed by atoms with Crippen molar-refractivity contribution in [2.75, 3.05) is 5.32 Å². The van der Waals surface area contributed by atoms with Crippen LogP contribution in [0.4, 0.5) is 19.0 Å². The minimum atomic E-state index is -4.76. The predicted molar refractivity (Wildman–Crippen MR) is 80.3 cm³/mol. The van der Waals surface area contributed by atoms with Crippen LogP contribution in [-0.2, 0) is 6.54 Å². The average molecular weight is 324 g/mol. The van der Waals surface area contributed by atoms with Crippen molar-refractivity contribution in [2.45, 2.75) is 19.8 Å². The molecule has 0 saturated heterocycles. The Bertz CT molecular complexity index is 671. The number of anilines is 1. The maximum Gasteiger partial charge on any atom is 0.573 e. The van der Waals surface area contributed by atoms with Gasteiger partial charge >= 0.3 is 6.36 Å². The van der Waals surface area contributed by atoms with E-state index in [2.05, 4.69) is 20.4 Å². The number of halogens is 3. The Morgan fingerprint density at radius 2 is 1.96 bits per heavy atom. The number of aromatic nitrogens is 1. The Labute approximate surface area is 131 Å². The SMILES string of the molecule is Cc1ccc(NC(=N)NCc2ccccc2OC(F)(F)F)nc1. The zero-order chi connectivity index (χ0) is 16.9. The minimum absolute atomic E-state index is 0.00392. The van der Waals surface area contributed by atoms with Crippen molar-refractivity contribution in [3.8, 4) is 5.75 Å². The summed E-state index contributed by atoms with van der Waals surface area (Å²) >= 11 is 0. The fourth-order valence-corrected chi connectivity index (χ4v) is 1.77. The summed E-state index contributed by atoms with van der Waals surface area (Å²) in [5.74, 6) is 0.0878. The summed E-state index contributed by atoms with van der Waals surface area (Å²) in [4.78, 5) is 4.07. The molecule has 0 spiro atoms. The van der Waals surface area contributed by atoms with Gasteiger partial charge in [0.1, 0.15) is 11.6 Å². The fourth-order valence-electron chi connectivity index (χ4n) is 1.77. The summed E-state index contributed by atoms with van der Waals surface area (Å²) < 4.78 is 41.0. The van der Waals surface area contributed by atoms with Crippen LogP contribution in [0.25, 0.3) is 0 Å². The standard InChI is InChI=1S/C15H15F3N4O/c1-10-6-7-13(20-8-10)22-14(19)21-9-11-4-2-3-5-12(11)23-15(16,17)18/h2-8H,9H2,1H3,(H3,19,20,21,22). The molecule has 0 fully saturated rings. The third-order valence-electron chi connectivity index (χ3n) is 2.82. The van der Waals surface area contributed by atoms with Gasteiger partial charge in [0.2, 0.25) is 0 Å². The Kier molecular flexibility index (Phi) is 5.05. The first-order valence-electron chi connectivity index (χ1n) is 6.69. The fraction of sp³-hybridized carbons (Fsp3) is 0.200. The quantitative estimate of drug-likeness (QED) is 0.595. The van der Waals surface area contributed by atoms with Crippen LogP contribution in [0.2, 0.25) is 0 Å². The van der Waals surface area contributed by atoms with E-state index < -0.39 is 6.36 Å². The second kappa shape index (κ2) is 6.99. The van der Waals surface area contributed by atoms with Gasteiger partial charge in [0.15, 0.2) is 5.96 Å². The highest BCUT2D eigenvalue weighted by Gasteiger charge is 2.31. The molecule has 0 radical (unpaired) electrons. The van der Waals surface area contributed by atoms with Gasteiger partial charge in [-0.1, -0.05) is 24.3 Å². The molecule has 8 heteroatoms. The van der Waals surface area contributed by atoms with Gasteiger partial charge in [0.05, 0.1) is 0 Å². The molecule has 1 aromatic heterocycles. The lowest BCUT2D eigenvalue weighted by Crippen LogP contribution is -2.30. The van der Waals surface area contributed by atoms with E-state index in [0.717, 1.165) is 5.56 Å². The number of hydrogen-bond acceptors (Lipinski definition) is 3. The molecule has 0 amide bonds. The molecule has 0 aliphatic heterocycles. The number of guanidine groups is 1. The van der Waals surface area contributed by atoms with Crippen molar-refractivity contribution >= 4 is 11.8 Å². The maximum atomic E-state index is 12.3. The Morgan fingerprint density at radius 1 is 1.22 bits per heavy atom. The summed E-state index contributed by atoms with van der Waals surface area (Å²) in [5, 5.41) is 13.1. The van der Waals surface area contributed by atoms with Crippen molar-refractivity contribution in [3.05, 3.63) is 53.7 Å². The Hall–Kier alpha value is -2.77. The van der Waals surface area contributed by atoms with E-state index in [-0.39, 0.29) is 23.8 Å². The lowest BCUT2D eigenvalue weighted by molar-refractivity contribution is -0.274. The zero-order valence-electron chi connectivity index (χ0n) is 12.2. The average Bonchev–Trinajstić information content (AvgIpc) is 2.47. The molecule has 2 rings (SSSR count). The minimum Gasteiger partial charge on any atom is -0.405 e. The summed E-state index contributed by atoms with van der Waals surface area (Å²) in [5.41, 5.74) is 1.27. The lowest BCUT2D eigenvalue weighted by Gasteiger charge is -2.14. The van der Waals surface area contributed by atoms with Crippen molar-refractivity contribution in [3.63, 3.8) is 0 Å². The van der Waals surface area contributed by atoms with Gasteiger partial charge in [-0.05, 0) is 24.6 Å². The predicted octanol–water partition coefficient (Wildman–Crippen LogP) is 3.43. The van der Waals surface area contributed by atoms with Crippen LogP contribution >= 0.6 is 0 Å². The maximum absolute atomic E-state index is 12.3. The van der Waals surface area contributed by atoms with E-state index in [1.54, 1.807) is 18.3 Å². The van der Waals surface area contributed by atoms with E-state index in [0.29, 0.717) is 5.82 Å². The second-order valence-electron chi connectivity index (χ2n) is 4.73. The summed E-state index contributed by atoms with van der Waals surface area (Å²) in [6.45, 7) is 1.89. The number of para-hydroxylation sites is 1. The van der Waals surface area contributed by atoms with E-state index in [1.807, 2.05) is 13.0 Å². The first-order chi connectivity index (χ1) is 10.8. The molecule has 0 unspecified atom stereocenters. The van der Waals surface area contributed by atoms with Crippen molar-refractivity contribution in [1.82, 2.24) is 10.3 Å². The Balaban J connectivity index is 1.95. The smallest absolute Gasteiger partial charge is 0.405 e. The number of pyridine rings is 1. The molecule has 122 valence electrons. The number of alkyl halides is 3. The van der Waals surface area contributed by atoms with Crippen LogP contribution in [-0.4, -0.2) is 17.3 Å². The van der Waals surface area contributed by atoms with Gasteiger partial charge in [0.25, 0.3) is 0 Å². The number of aryl methyl sites for hydroxylation is 1. The van der Waals surface area contributed by atoms with Gasteiger partial charge in [0, 0.05) is 18.3 Å². The summed E-state index contributed by atoms with van der Waals surface area (Å²) in [6.07, 6.45) is -3.12. The lowest BCUT2D eigenvalue weighted by atomic mass is 10.2. The van der Waals surface area contributed by atoms with Crippen LogP contribution in [0.15, 0.2) is 42.6 Å². The highest BCUT2D eigenvalue weighted by atomic mass is 19.4. The van der Waals surface area contributed by atoms with Crippen LogP contribution in [0.5, 0.6) is 5.75 Å². The molecule has 0 aliphatic rings. The number of rotatable bonds is 4. The van der Waals surface area contributed by atoms with Crippen molar-refractivity contribution in [1.29, 1.82) is 5.41 Å². The zero-order valence-corrected chi connectivity index (χ0v) is 12.2. The highest BCUT2D eigenvalue weighted by molar-refractivity contribution is 5.90. The topological polar surface area (TPSA) is 70.0 Å². The third-order valence-corrected chi connectivity index (χ3v) is 2.82. The Morgan fingerprint density at radius 3 is 2.61 bits per heavy atom. The van der Waals surface area contributed by atoms with Gasteiger partial charge in [-0.15, -0.1) is 13.2 Å². The molecule has 0 saturated carbocycles. The number of nitrogens with one attached hydrogen (secondary N) is 3. The van der Waals surface area contributed by atoms with E-state index in [9.17, 15) is 13.2 Å². The number of ether oxygens (including phenoxy) is 1. The van der Waals surface area contributed by atoms with Crippen LogP contribution in [0, 0.1) is 12.3 Å². The monoisotopic (exact) mass is 324 g/mol. The first-order valence-corrected chi connectivity index (χ1v) is 6.69. The second-order valence-corrected chi connectivity index (χ2v) is 4.73. The number of hydrogen-bond donors (Lipinski definition) is 3. The highest BCUT2D eigenvalue weighted by Crippen LogP contribution is 2.26. The van der Waals surface area contributed by atoms with Crippen LogP contribution in [0.3, 0.4) is 0 Å². The van der Waals surface area contributed by atoms with Gasteiger partial charge in [-0.3, -0.25) is 5.41 Å².